The highest BCUT2D eigenvalue weighted by molar-refractivity contribution is 9.10. The monoisotopic (exact) mass is 435 g/mol. The van der Waals surface area contributed by atoms with Crippen molar-refractivity contribution in [2.75, 3.05) is 0 Å². The third-order valence-electron chi connectivity index (χ3n) is 3.80. The van der Waals surface area contributed by atoms with Crippen LogP contribution in [0.4, 0.5) is 4.79 Å². The van der Waals surface area contributed by atoms with Crippen LogP contribution in [0.3, 0.4) is 0 Å². The summed E-state index contributed by atoms with van der Waals surface area (Å²) in [6.07, 6.45) is -1.94. The van der Waals surface area contributed by atoms with Gasteiger partial charge in [0.2, 0.25) is 0 Å². The summed E-state index contributed by atoms with van der Waals surface area (Å²) in [4.78, 5) is 24.6. The zero-order valence-corrected chi connectivity index (χ0v) is 16.7. The highest BCUT2D eigenvalue weighted by Crippen LogP contribution is 2.18. The molecule has 0 fully saturated rings. The minimum atomic E-state index is -1.25. The Morgan fingerprint density at radius 1 is 1.07 bits per heavy atom. The maximum Gasteiger partial charge on any atom is 0.408 e. The van der Waals surface area contributed by atoms with E-state index < -0.39 is 24.2 Å². The van der Waals surface area contributed by atoms with Crippen LogP contribution in [0.25, 0.3) is 0 Å². The second-order valence-corrected chi connectivity index (χ2v) is 7.21. The number of esters is 1. The first-order valence-electron chi connectivity index (χ1n) is 8.49. The maximum atomic E-state index is 12.5. The molecule has 0 bridgehead atoms. The first-order chi connectivity index (χ1) is 12.9. The molecule has 0 aliphatic carbocycles. The van der Waals surface area contributed by atoms with Gasteiger partial charge in [-0.15, -0.1) is 0 Å². The van der Waals surface area contributed by atoms with E-state index in [1.54, 1.807) is 38.1 Å². The normalized spacial score (nSPS) is 12.9. The minimum absolute atomic E-state index is 0.0545. The minimum Gasteiger partial charge on any atom is -0.445 e. The molecule has 2 atom stereocenters. The maximum absolute atomic E-state index is 12.5. The van der Waals surface area contributed by atoms with Crippen LogP contribution in [0.2, 0.25) is 0 Å². The van der Waals surface area contributed by atoms with Gasteiger partial charge in [0.1, 0.15) is 12.4 Å². The summed E-state index contributed by atoms with van der Waals surface area (Å²) in [5.74, 6) is -0.735. The summed E-state index contributed by atoms with van der Waals surface area (Å²) in [5, 5.41) is 12.7. The van der Waals surface area contributed by atoms with E-state index in [2.05, 4.69) is 21.2 Å². The van der Waals surface area contributed by atoms with Gasteiger partial charge in [-0.1, -0.05) is 60.1 Å². The molecule has 1 amide bonds. The van der Waals surface area contributed by atoms with Crippen molar-refractivity contribution in [2.24, 2.45) is 5.92 Å². The lowest BCUT2D eigenvalue weighted by molar-refractivity contribution is -0.140. The molecule has 0 unspecified atom stereocenters. The number of rotatable bonds is 7. The Kier molecular flexibility index (Phi) is 7.82. The smallest absolute Gasteiger partial charge is 0.408 e. The average Bonchev–Trinajstić information content (AvgIpc) is 2.66. The number of benzene rings is 2. The van der Waals surface area contributed by atoms with E-state index in [-0.39, 0.29) is 12.5 Å². The molecule has 0 aromatic heterocycles. The highest BCUT2D eigenvalue weighted by Gasteiger charge is 2.33. The van der Waals surface area contributed by atoms with Crippen LogP contribution < -0.4 is 10.1 Å². The molecular weight excluding hydrogens is 414 g/mol. The number of amides is 1. The fraction of sp³-hybridized carbons (Fsp3) is 0.300. The van der Waals surface area contributed by atoms with E-state index in [9.17, 15) is 14.7 Å². The van der Waals surface area contributed by atoms with E-state index >= 15 is 0 Å². The number of carbonyl (C=O) groups excluding carboxylic acids is 2. The Hall–Kier alpha value is -2.38. The second kappa shape index (κ2) is 10.1. The number of hydrogen-bond acceptors (Lipinski definition) is 5. The predicted octanol–water partition coefficient (Wildman–Crippen LogP) is 3.67. The molecule has 2 rings (SSSR count). The molecule has 0 aliphatic rings. The third kappa shape index (κ3) is 6.69. The molecule has 7 heteroatoms. The molecule has 0 saturated carbocycles. The number of carbonyl (C=O) groups is 2. The average molecular weight is 436 g/mol. The van der Waals surface area contributed by atoms with Gasteiger partial charge >= 0.3 is 12.1 Å². The first kappa shape index (κ1) is 20.9. The molecule has 2 aromatic rings. The number of nitrogens with one attached hydrogen (secondary N) is 1. The van der Waals surface area contributed by atoms with Gasteiger partial charge in [-0.05, 0) is 35.7 Å². The highest BCUT2D eigenvalue weighted by atomic mass is 79.9. The summed E-state index contributed by atoms with van der Waals surface area (Å²) >= 11 is 3.30. The SMILES string of the molecule is CC(C)[C@H](O)[C@@H](NC(=O)OCc1ccccc1)C(=O)Oc1ccc(Br)cc1. The summed E-state index contributed by atoms with van der Waals surface area (Å²) < 4.78 is 11.2. The number of aliphatic hydroxyl groups is 1. The van der Waals surface area contributed by atoms with Gasteiger partial charge in [0.05, 0.1) is 6.10 Å². The Balaban J connectivity index is 2.01. The summed E-state index contributed by atoms with van der Waals surface area (Å²) in [6.45, 7) is 3.53. The largest absolute Gasteiger partial charge is 0.445 e. The van der Waals surface area contributed by atoms with Crippen LogP contribution in [0.1, 0.15) is 19.4 Å². The van der Waals surface area contributed by atoms with Crippen molar-refractivity contribution >= 4 is 28.0 Å². The van der Waals surface area contributed by atoms with Gasteiger partial charge in [0.15, 0.2) is 6.04 Å². The Bertz CT molecular complexity index is 749. The summed E-state index contributed by atoms with van der Waals surface area (Å²) in [6, 6.07) is 14.5. The lowest BCUT2D eigenvalue weighted by Gasteiger charge is -2.24. The quantitative estimate of drug-likeness (QED) is 0.511. The predicted molar refractivity (Wildman–Crippen MR) is 104 cm³/mol. The van der Waals surface area contributed by atoms with E-state index in [0.717, 1.165) is 10.0 Å². The zero-order valence-electron chi connectivity index (χ0n) is 15.1. The second-order valence-electron chi connectivity index (χ2n) is 6.29. The molecule has 6 nitrogen and oxygen atoms in total. The van der Waals surface area contributed by atoms with E-state index in [4.69, 9.17) is 9.47 Å². The van der Waals surface area contributed by atoms with Gasteiger partial charge in [0.25, 0.3) is 0 Å². The lowest BCUT2D eigenvalue weighted by Crippen LogP contribution is -2.52. The van der Waals surface area contributed by atoms with E-state index in [1.165, 1.54) is 0 Å². The van der Waals surface area contributed by atoms with Crippen LogP contribution in [-0.4, -0.2) is 29.3 Å². The number of alkyl carbamates (subject to hydrolysis) is 1. The molecule has 144 valence electrons. The first-order valence-corrected chi connectivity index (χ1v) is 9.28. The van der Waals surface area contributed by atoms with Crippen molar-refractivity contribution < 1.29 is 24.2 Å². The molecule has 0 heterocycles. The van der Waals surface area contributed by atoms with Crippen molar-refractivity contribution in [1.82, 2.24) is 5.32 Å². The van der Waals surface area contributed by atoms with E-state index in [0.29, 0.717) is 5.75 Å². The number of aliphatic hydroxyl groups excluding tert-OH is 1. The number of ether oxygens (including phenoxy) is 2. The van der Waals surface area contributed by atoms with Crippen LogP contribution in [-0.2, 0) is 16.1 Å². The van der Waals surface area contributed by atoms with Crippen LogP contribution in [0.5, 0.6) is 5.75 Å². The van der Waals surface area contributed by atoms with Gasteiger partial charge in [0, 0.05) is 4.47 Å². The Morgan fingerprint density at radius 2 is 1.70 bits per heavy atom. The lowest BCUT2D eigenvalue weighted by atomic mass is 10.00. The van der Waals surface area contributed by atoms with Crippen molar-refractivity contribution in [3.05, 3.63) is 64.6 Å². The Labute approximate surface area is 166 Å². The van der Waals surface area contributed by atoms with Gasteiger partial charge in [-0.2, -0.15) is 0 Å². The van der Waals surface area contributed by atoms with Crippen molar-refractivity contribution in [3.8, 4) is 5.75 Å². The van der Waals surface area contributed by atoms with E-state index in [1.807, 2.05) is 30.3 Å². The number of halogens is 1. The number of hydrogen-bond donors (Lipinski definition) is 2. The summed E-state index contributed by atoms with van der Waals surface area (Å²) in [7, 11) is 0. The molecule has 2 aromatic carbocycles. The standard InChI is InChI=1S/C20H22BrNO5/c1-13(2)18(23)17(19(24)27-16-10-8-15(21)9-11-16)22-20(25)26-12-14-6-4-3-5-7-14/h3-11,13,17-18,23H,12H2,1-2H3,(H,22,25)/t17-,18+/m1/s1. The zero-order chi connectivity index (χ0) is 19.8. The van der Waals surface area contributed by atoms with Gasteiger partial charge < -0.3 is 19.9 Å². The van der Waals surface area contributed by atoms with Crippen molar-refractivity contribution in [1.29, 1.82) is 0 Å². The van der Waals surface area contributed by atoms with Crippen molar-refractivity contribution in [3.63, 3.8) is 0 Å². The van der Waals surface area contributed by atoms with Gasteiger partial charge in [-0.25, -0.2) is 9.59 Å². The molecule has 2 N–H and O–H groups in total. The Morgan fingerprint density at radius 3 is 2.30 bits per heavy atom. The summed E-state index contributed by atoms with van der Waals surface area (Å²) in [5.41, 5.74) is 0.811. The molecule has 0 saturated heterocycles. The molecule has 0 radical (unpaired) electrons. The fourth-order valence-electron chi connectivity index (χ4n) is 2.24. The van der Waals surface area contributed by atoms with Gasteiger partial charge in [-0.3, -0.25) is 0 Å². The van der Waals surface area contributed by atoms with Crippen LogP contribution >= 0.6 is 15.9 Å². The topological polar surface area (TPSA) is 84.9 Å². The van der Waals surface area contributed by atoms with Crippen LogP contribution in [0.15, 0.2) is 59.1 Å². The molecule has 0 aliphatic heterocycles. The molecular formula is C20H22BrNO5. The molecule has 27 heavy (non-hydrogen) atoms. The van der Waals surface area contributed by atoms with Crippen LogP contribution in [0, 0.1) is 5.92 Å². The van der Waals surface area contributed by atoms with Crippen molar-refractivity contribution in [2.45, 2.75) is 32.6 Å². The fourth-order valence-corrected chi connectivity index (χ4v) is 2.51. The molecule has 0 spiro atoms. The third-order valence-corrected chi connectivity index (χ3v) is 4.33.